The highest BCUT2D eigenvalue weighted by atomic mass is 32.2. The topological polar surface area (TPSA) is 17.1 Å². The molecule has 0 aromatic carbocycles. The van der Waals surface area contributed by atoms with Gasteiger partial charge in [0, 0.05) is 5.92 Å². The maximum atomic E-state index is 13.4. The molecule has 1 heterocycles. The molecule has 0 radical (unpaired) electrons. The molecule has 0 N–H and O–H groups in total. The van der Waals surface area contributed by atoms with Gasteiger partial charge in [0.2, 0.25) is 0 Å². The Bertz CT molecular complexity index is 437. The monoisotopic (exact) mass is 252 g/mol. The number of hydrogen-bond acceptors (Lipinski definition) is 1. The molecule has 1 unspecified atom stereocenters. The third-order valence-electron chi connectivity index (χ3n) is 3.66. The van der Waals surface area contributed by atoms with Crippen LogP contribution in [0.2, 0.25) is 0 Å². The van der Waals surface area contributed by atoms with Crippen molar-refractivity contribution in [1.82, 2.24) is 0 Å². The van der Waals surface area contributed by atoms with E-state index in [0.717, 1.165) is 0 Å². The van der Waals surface area contributed by atoms with Crippen molar-refractivity contribution in [2.75, 3.05) is 0 Å². The maximum absolute atomic E-state index is 13.4. The lowest BCUT2D eigenvalue weighted by atomic mass is 9.86. The van der Waals surface area contributed by atoms with Crippen molar-refractivity contribution in [1.29, 1.82) is 0 Å². The van der Waals surface area contributed by atoms with Crippen molar-refractivity contribution in [2.24, 2.45) is 17.8 Å². The zero-order valence-electron chi connectivity index (χ0n) is 8.00. The summed E-state index contributed by atoms with van der Waals surface area (Å²) < 4.78 is 63.1. The van der Waals surface area contributed by atoms with Crippen LogP contribution >= 0.6 is 0 Å². The van der Waals surface area contributed by atoms with E-state index >= 15 is 0 Å². The molecule has 1 saturated carbocycles. The third-order valence-corrected chi connectivity index (χ3v) is 5.37. The van der Waals surface area contributed by atoms with Crippen LogP contribution in [0.1, 0.15) is 6.42 Å². The molecule has 3 rings (SSSR count). The lowest BCUT2D eigenvalue weighted by Crippen LogP contribution is -2.29. The van der Waals surface area contributed by atoms with E-state index < -0.39 is 38.9 Å². The summed E-state index contributed by atoms with van der Waals surface area (Å²) in [6.45, 7) is 0. The zero-order valence-corrected chi connectivity index (χ0v) is 8.82. The molecule has 1 nitrogen and oxygen atoms in total. The molecule has 1 fully saturated rings. The first-order chi connectivity index (χ1) is 7.41. The van der Waals surface area contributed by atoms with Crippen LogP contribution in [0, 0.1) is 17.8 Å². The van der Waals surface area contributed by atoms with E-state index in [0.29, 0.717) is 6.42 Å². The predicted molar refractivity (Wildman–Crippen MR) is 50.3 cm³/mol. The predicted octanol–water partition coefficient (Wildman–Crippen LogP) is 2.68. The third kappa shape index (κ3) is 1.14. The highest BCUT2D eigenvalue weighted by molar-refractivity contribution is 7.89. The largest absolute Gasteiger partial charge is 0.416 e. The molecule has 3 aliphatic rings. The second kappa shape index (κ2) is 2.97. The van der Waals surface area contributed by atoms with Gasteiger partial charge in [0.1, 0.15) is 0 Å². The van der Waals surface area contributed by atoms with E-state index in [1.807, 2.05) is 0 Å². The molecule has 0 aromatic heterocycles. The first-order valence-corrected chi connectivity index (χ1v) is 6.18. The van der Waals surface area contributed by atoms with Gasteiger partial charge in [-0.05, 0) is 18.3 Å². The van der Waals surface area contributed by atoms with E-state index in [-0.39, 0.29) is 11.8 Å². The molecule has 88 valence electrons. The van der Waals surface area contributed by atoms with Crippen molar-refractivity contribution < 1.29 is 21.8 Å². The minimum atomic E-state index is -4.70. The minimum Gasteiger partial charge on any atom is -0.252 e. The normalized spacial score (nSPS) is 45.6. The van der Waals surface area contributed by atoms with Crippen LogP contribution in [0.5, 0.6) is 0 Å². The van der Waals surface area contributed by atoms with Crippen LogP contribution < -0.4 is 0 Å². The van der Waals surface area contributed by atoms with Gasteiger partial charge in [-0.3, -0.25) is 4.21 Å². The summed E-state index contributed by atoms with van der Waals surface area (Å²) in [6.07, 6.45) is -0.644. The Labute approximate surface area is 91.7 Å². The summed E-state index contributed by atoms with van der Waals surface area (Å²) in [5, 5.41) is -2.13. The van der Waals surface area contributed by atoms with Crippen molar-refractivity contribution in [3.8, 4) is 0 Å². The van der Waals surface area contributed by atoms with Crippen LogP contribution in [0.4, 0.5) is 17.6 Å². The van der Waals surface area contributed by atoms with Crippen LogP contribution in [0.25, 0.3) is 0 Å². The number of halogens is 4. The molecule has 2 bridgehead atoms. The van der Waals surface area contributed by atoms with E-state index in [2.05, 4.69) is 0 Å². The van der Waals surface area contributed by atoms with Gasteiger partial charge in [0.15, 0.2) is 5.16 Å². The second-order valence-corrected chi connectivity index (χ2v) is 5.92. The fourth-order valence-electron chi connectivity index (χ4n) is 3.11. The smallest absolute Gasteiger partial charge is 0.252 e. The molecule has 5 atom stereocenters. The van der Waals surface area contributed by atoms with E-state index in [1.165, 1.54) is 0 Å². The first kappa shape index (κ1) is 10.5. The summed E-state index contributed by atoms with van der Waals surface area (Å²) in [7, 11) is -2.11. The molecule has 0 spiro atoms. The van der Waals surface area contributed by atoms with Crippen LogP contribution in [-0.4, -0.2) is 15.6 Å². The van der Waals surface area contributed by atoms with Gasteiger partial charge in [-0.25, -0.2) is 0 Å². The molecular weight excluding hydrogens is 244 g/mol. The number of rotatable bonds is 0. The quantitative estimate of drug-likeness (QED) is 0.478. The lowest BCUT2D eigenvalue weighted by molar-refractivity contribution is -0.101. The van der Waals surface area contributed by atoms with Crippen LogP contribution in [0.3, 0.4) is 0 Å². The summed E-state index contributed by atoms with van der Waals surface area (Å²) in [5.74, 6) is -1.36. The Morgan fingerprint density at radius 1 is 1.25 bits per heavy atom. The SMILES string of the molecule is O=S1C(F)=C(C(F)(F)F)[C@H]2[C@@H]1[C@@H]1C=C[C@H]2C1. The lowest BCUT2D eigenvalue weighted by Gasteiger charge is -2.22. The van der Waals surface area contributed by atoms with Gasteiger partial charge in [-0.15, -0.1) is 0 Å². The summed E-state index contributed by atoms with van der Waals surface area (Å²) in [5.41, 5.74) is -1.17. The Hall–Kier alpha value is -0.650. The van der Waals surface area contributed by atoms with Crippen molar-refractivity contribution in [3.63, 3.8) is 0 Å². The van der Waals surface area contributed by atoms with E-state index in [4.69, 9.17) is 0 Å². The Morgan fingerprint density at radius 2 is 1.88 bits per heavy atom. The van der Waals surface area contributed by atoms with Gasteiger partial charge >= 0.3 is 6.18 Å². The molecule has 2 aliphatic carbocycles. The van der Waals surface area contributed by atoms with Crippen molar-refractivity contribution in [2.45, 2.75) is 17.8 Å². The van der Waals surface area contributed by atoms with E-state index in [1.54, 1.807) is 12.2 Å². The number of allylic oxidation sites excluding steroid dienone is 3. The first-order valence-electron chi connectivity index (χ1n) is 4.97. The van der Waals surface area contributed by atoms with Gasteiger partial charge in [0.25, 0.3) is 0 Å². The van der Waals surface area contributed by atoms with Gasteiger partial charge in [-0.2, -0.15) is 17.6 Å². The van der Waals surface area contributed by atoms with Gasteiger partial charge in [0.05, 0.1) is 21.6 Å². The Balaban J connectivity index is 2.11. The van der Waals surface area contributed by atoms with E-state index in [9.17, 15) is 21.8 Å². The number of alkyl halides is 3. The molecule has 1 aliphatic heterocycles. The number of fused-ring (bicyclic) bond motifs is 5. The maximum Gasteiger partial charge on any atom is 0.416 e. The summed E-state index contributed by atoms with van der Waals surface area (Å²) >= 11 is 0. The minimum absolute atomic E-state index is 0.151. The fraction of sp³-hybridized carbons (Fsp3) is 0.600. The standard InChI is InChI=1S/C10H8F4OS/c11-9-7(10(12,13)14)6-4-1-2-5(3-4)8(6)16(9)15/h1-2,4-6,8H,3H2/t4-,5+,6-,8-,16?/m0/s1. The molecule has 0 aromatic rings. The van der Waals surface area contributed by atoms with Crippen LogP contribution in [0.15, 0.2) is 22.9 Å². The Kier molecular flexibility index (Phi) is 1.95. The Morgan fingerprint density at radius 3 is 2.50 bits per heavy atom. The highest BCUT2D eigenvalue weighted by Gasteiger charge is 2.61. The second-order valence-electron chi connectivity index (χ2n) is 4.42. The van der Waals surface area contributed by atoms with Gasteiger partial charge < -0.3 is 0 Å². The molecule has 0 amide bonds. The number of hydrogen-bond donors (Lipinski definition) is 0. The average molecular weight is 252 g/mol. The fourth-order valence-corrected chi connectivity index (χ4v) is 4.94. The van der Waals surface area contributed by atoms with Crippen molar-refractivity contribution >= 4 is 10.8 Å². The molecule has 16 heavy (non-hydrogen) atoms. The van der Waals surface area contributed by atoms with Crippen LogP contribution in [-0.2, 0) is 10.8 Å². The summed E-state index contributed by atoms with van der Waals surface area (Å²) in [6, 6.07) is 0. The van der Waals surface area contributed by atoms with Crippen molar-refractivity contribution in [3.05, 3.63) is 22.9 Å². The summed E-state index contributed by atoms with van der Waals surface area (Å²) in [4.78, 5) is 0. The van der Waals surface area contributed by atoms with Gasteiger partial charge in [-0.1, -0.05) is 12.2 Å². The zero-order chi connectivity index (χ0) is 11.7. The molecule has 6 heteroatoms. The molecular formula is C10H8F4OS. The highest BCUT2D eigenvalue weighted by Crippen LogP contribution is 2.58. The average Bonchev–Trinajstić information content (AvgIpc) is 2.78. The molecule has 0 saturated heterocycles.